The van der Waals surface area contributed by atoms with Crippen LogP contribution in [0.1, 0.15) is 16.8 Å². The van der Waals surface area contributed by atoms with E-state index in [4.69, 9.17) is 28.3 Å². The molecule has 0 radical (unpaired) electrons. The minimum atomic E-state index is -1.08. The highest BCUT2D eigenvalue weighted by Crippen LogP contribution is 2.21. The molecule has 0 aliphatic rings. The molecule has 0 saturated heterocycles. The first-order chi connectivity index (χ1) is 9.36. The van der Waals surface area contributed by atoms with Gasteiger partial charge in [0.25, 0.3) is 5.56 Å². The molecule has 2 aromatic rings. The molecule has 1 aromatic heterocycles. The zero-order chi connectivity index (χ0) is 14.9. The number of hydrogen-bond donors (Lipinski definition) is 2. The zero-order valence-electron chi connectivity index (χ0n) is 10.6. The third kappa shape index (κ3) is 3.23. The number of aryl methyl sites for hydroxylation is 1. The lowest BCUT2D eigenvalue weighted by Gasteiger charge is -2.01. The highest BCUT2D eigenvalue weighted by Gasteiger charge is 2.14. The number of rotatable bonds is 4. The van der Waals surface area contributed by atoms with Crippen molar-refractivity contribution in [1.29, 1.82) is 0 Å². The van der Waals surface area contributed by atoms with E-state index in [1.165, 1.54) is 0 Å². The van der Waals surface area contributed by atoms with Gasteiger partial charge in [-0.05, 0) is 30.7 Å². The standard InChI is InChI=1S/C13H12Cl2N2O3/c1-7-11(13(20)17(16-7)6-12(18)19)4-8-2-9(14)5-10(15)3-8/h2-3,5,16H,4,6H2,1H3,(H,18,19). The second kappa shape index (κ2) is 5.73. The van der Waals surface area contributed by atoms with Gasteiger partial charge in [0, 0.05) is 27.7 Å². The molecule has 0 aliphatic carbocycles. The Morgan fingerprint density at radius 3 is 2.45 bits per heavy atom. The fraction of sp³-hybridized carbons (Fsp3) is 0.231. The number of benzene rings is 1. The van der Waals surface area contributed by atoms with Gasteiger partial charge < -0.3 is 5.11 Å². The third-order valence-electron chi connectivity index (χ3n) is 2.86. The Kier molecular flexibility index (Phi) is 4.20. The van der Waals surface area contributed by atoms with Gasteiger partial charge >= 0.3 is 5.97 Å². The van der Waals surface area contributed by atoms with Crippen LogP contribution in [0.5, 0.6) is 0 Å². The number of aromatic nitrogens is 2. The largest absolute Gasteiger partial charge is 0.480 e. The smallest absolute Gasteiger partial charge is 0.325 e. The quantitative estimate of drug-likeness (QED) is 0.910. The van der Waals surface area contributed by atoms with Gasteiger partial charge in [0.2, 0.25) is 0 Å². The van der Waals surface area contributed by atoms with Crippen LogP contribution in [-0.2, 0) is 17.8 Å². The first-order valence-corrected chi connectivity index (χ1v) is 6.57. The fourth-order valence-corrected chi connectivity index (χ4v) is 2.59. The van der Waals surface area contributed by atoms with Gasteiger partial charge in [0.15, 0.2) is 0 Å². The van der Waals surface area contributed by atoms with Crippen LogP contribution >= 0.6 is 23.2 Å². The monoisotopic (exact) mass is 314 g/mol. The number of H-pyrrole nitrogens is 1. The van der Waals surface area contributed by atoms with Crippen molar-refractivity contribution in [2.45, 2.75) is 19.9 Å². The number of halogens is 2. The van der Waals surface area contributed by atoms with Crippen LogP contribution in [0.4, 0.5) is 0 Å². The molecule has 0 spiro atoms. The molecule has 1 heterocycles. The summed E-state index contributed by atoms with van der Waals surface area (Å²) in [5.41, 5.74) is 1.59. The summed E-state index contributed by atoms with van der Waals surface area (Å²) in [6.45, 7) is 1.33. The average molecular weight is 315 g/mol. The molecule has 0 amide bonds. The molecule has 2 rings (SSSR count). The van der Waals surface area contributed by atoms with E-state index in [0.717, 1.165) is 10.2 Å². The van der Waals surface area contributed by atoms with Crippen molar-refractivity contribution in [2.75, 3.05) is 0 Å². The van der Waals surface area contributed by atoms with Crippen LogP contribution in [0.2, 0.25) is 10.0 Å². The molecular formula is C13H12Cl2N2O3. The maximum Gasteiger partial charge on any atom is 0.325 e. The molecule has 1 aromatic carbocycles. The molecular weight excluding hydrogens is 303 g/mol. The van der Waals surface area contributed by atoms with Gasteiger partial charge in [0.05, 0.1) is 0 Å². The highest BCUT2D eigenvalue weighted by atomic mass is 35.5. The van der Waals surface area contributed by atoms with Gasteiger partial charge in [-0.1, -0.05) is 23.2 Å². The summed E-state index contributed by atoms with van der Waals surface area (Å²) in [7, 11) is 0. The Bertz CT molecular complexity index is 699. The molecule has 106 valence electrons. The highest BCUT2D eigenvalue weighted by molar-refractivity contribution is 6.34. The van der Waals surface area contributed by atoms with Gasteiger partial charge in [0.1, 0.15) is 6.54 Å². The lowest BCUT2D eigenvalue weighted by molar-refractivity contribution is -0.137. The van der Waals surface area contributed by atoms with Crippen LogP contribution in [0.3, 0.4) is 0 Å². The van der Waals surface area contributed by atoms with Crippen LogP contribution in [0, 0.1) is 6.92 Å². The molecule has 0 saturated carbocycles. The number of hydrogen-bond acceptors (Lipinski definition) is 2. The predicted molar refractivity (Wildman–Crippen MR) is 76.7 cm³/mol. The summed E-state index contributed by atoms with van der Waals surface area (Å²) >= 11 is 11.8. The summed E-state index contributed by atoms with van der Waals surface area (Å²) in [5, 5.41) is 12.5. The molecule has 2 N–H and O–H groups in total. The first-order valence-electron chi connectivity index (χ1n) is 5.82. The molecule has 20 heavy (non-hydrogen) atoms. The molecule has 7 heteroatoms. The molecule has 0 fully saturated rings. The summed E-state index contributed by atoms with van der Waals surface area (Å²) in [6.07, 6.45) is 0.341. The van der Waals surface area contributed by atoms with Crippen LogP contribution in [0.15, 0.2) is 23.0 Å². The van der Waals surface area contributed by atoms with E-state index in [1.54, 1.807) is 25.1 Å². The second-order valence-electron chi connectivity index (χ2n) is 4.45. The number of carbonyl (C=O) groups is 1. The number of carboxylic acids is 1. The van der Waals surface area contributed by atoms with Gasteiger partial charge in [-0.3, -0.25) is 14.7 Å². The molecule has 0 atom stereocenters. The minimum absolute atomic E-state index is 0.341. The maximum atomic E-state index is 12.1. The first kappa shape index (κ1) is 14.7. The van der Waals surface area contributed by atoms with Crippen LogP contribution in [0.25, 0.3) is 0 Å². The van der Waals surface area contributed by atoms with E-state index in [0.29, 0.717) is 27.7 Å². The lowest BCUT2D eigenvalue weighted by Crippen LogP contribution is -2.23. The Morgan fingerprint density at radius 2 is 1.90 bits per heavy atom. The van der Waals surface area contributed by atoms with Crippen LogP contribution < -0.4 is 5.56 Å². The van der Waals surface area contributed by atoms with Crippen LogP contribution in [-0.4, -0.2) is 20.9 Å². The number of aliphatic carboxylic acids is 1. The molecule has 0 unspecified atom stereocenters. The Balaban J connectivity index is 2.36. The summed E-state index contributed by atoms with van der Waals surface area (Å²) in [5.74, 6) is -1.08. The Labute approximate surface area is 124 Å². The minimum Gasteiger partial charge on any atom is -0.480 e. The number of nitrogens with one attached hydrogen (secondary N) is 1. The van der Waals surface area contributed by atoms with E-state index >= 15 is 0 Å². The topological polar surface area (TPSA) is 75.1 Å². The lowest BCUT2D eigenvalue weighted by atomic mass is 10.1. The molecule has 0 bridgehead atoms. The van der Waals surface area contributed by atoms with Crippen molar-refractivity contribution in [3.63, 3.8) is 0 Å². The summed E-state index contributed by atoms with van der Waals surface area (Å²) in [6, 6.07) is 5.06. The van der Waals surface area contributed by atoms with E-state index in [1.807, 2.05) is 0 Å². The second-order valence-corrected chi connectivity index (χ2v) is 5.33. The van der Waals surface area contributed by atoms with E-state index in [2.05, 4.69) is 5.10 Å². The van der Waals surface area contributed by atoms with Crippen molar-refractivity contribution >= 4 is 29.2 Å². The van der Waals surface area contributed by atoms with Gasteiger partial charge in [-0.25, -0.2) is 4.68 Å². The van der Waals surface area contributed by atoms with E-state index in [-0.39, 0.29) is 5.56 Å². The number of aromatic amines is 1. The maximum absolute atomic E-state index is 12.1. The Hall–Kier alpha value is -1.72. The zero-order valence-corrected chi connectivity index (χ0v) is 12.1. The van der Waals surface area contributed by atoms with Crippen molar-refractivity contribution in [2.24, 2.45) is 0 Å². The van der Waals surface area contributed by atoms with Gasteiger partial charge in [-0.2, -0.15) is 0 Å². The van der Waals surface area contributed by atoms with Crippen molar-refractivity contribution in [3.8, 4) is 0 Å². The average Bonchev–Trinajstić information content (AvgIpc) is 2.55. The SMILES string of the molecule is Cc1[nH]n(CC(=O)O)c(=O)c1Cc1cc(Cl)cc(Cl)c1. The van der Waals surface area contributed by atoms with Gasteiger partial charge in [-0.15, -0.1) is 0 Å². The number of carboxylic acid groups (broad SMARTS) is 1. The normalized spacial score (nSPS) is 10.8. The van der Waals surface area contributed by atoms with Crippen molar-refractivity contribution in [3.05, 3.63) is 55.4 Å². The Morgan fingerprint density at radius 1 is 1.30 bits per heavy atom. The summed E-state index contributed by atoms with van der Waals surface area (Å²) < 4.78 is 1.07. The molecule has 0 aliphatic heterocycles. The summed E-state index contributed by atoms with van der Waals surface area (Å²) in [4.78, 5) is 22.8. The van der Waals surface area contributed by atoms with Crippen molar-refractivity contribution < 1.29 is 9.90 Å². The number of nitrogens with zero attached hydrogens (tertiary/aromatic N) is 1. The molecule has 5 nitrogen and oxygen atoms in total. The predicted octanol–water partition coefficient (Wildman–Crippen LogP) is 2.47. The van der Waals surface area contributed by atoms with E-state index in [9.17, 15) is 9.59 Å². The fourth-order valence-electron chi connectivity index (χ4n) is 2.02. The van der Waals surface area contributed by atoms with Crippen molar-refractivity contribution in [1.82, 2.24) is 9.78 Å². The van der Waals surface area contributed by atoms with E-state index < -0.39 is 12.5 Å². The third-order valence-corrected chi connectivity index (χ3v) is 3.29.